The average Bonchev–Trinajstić information content (AvgIpc) is 2.37. The molecule has 1 aromatic carbocycles. The Morgan fingerprint density at radius 2 is 1.90 bits per heavy atom. The summed E-state index contributed by atoms with van der Waals surface area (Å²) < 4.78 is 27.0. The van der Waals surface area contributed by atoms with Crippen molar-refractivity contribution in [3.63, 3.8) is 0 Å². The highest BCUT2D eigenvalue weighted by Gasteiger charge is 2.17. The minimum Gasteiger partial charge on any atom is -0.309 e. The monoisotopic (exact) mass is 295 g/mol. The van der Waals surface area contributed by atoms with Crippen molar-refractivity contribution in [1.82, 2.24) is 9.62 Å². The Morgan fingerprint density at radius 1 is 1.30 bits per heavy atom. The molecule has 0 saturated carbocycles. The van der Waals surface area contributed by atoms with Crippen LogP contribution >= 0.6 is 0 Å². The van der Waals surface area contributed by atoms with Gasteiger partial charge in [-0.3, -0.25) is 0 Å². The highest BCUT2D eigenvalue weighted by molar-refractivity contribution is 7.89. The fraction of sp³-hybridized carbons (Fsp3) is 0.500. The quantitative estimate of drug-likeness (QED) is 0.824. The van der Waals surface area contributed by atoms with Gasteiger partial charge in [0.1, 0.15) is 0 Å². The van der Waals surface area contributed by atoms with Gasteiger partial charge in [-0.15, -0.1) is 0 Å². The van der Waals surface area contributed by atoms with Gasteiger partial charge in [-0.25, -0.2) is 13.1 Å². The Kier molecular flexibility index (Phi) is 6.14. The second kappa shape index (κ2) is 7.39. The largest absolute Gasteiger partial charge is 0.309 e. The number of nitrogens with one attached hydrogen (secondary N) is 1. The number of benzene rings is 1. The van der Waals surface area contributed by atoms with Crippen LogP contribution in [0, 0.1) is 11.3 Å². The predicted molar refractivity (Wildman–Crippen MR) is 78.7 cm³/mol. The van der Waals surface area contributed by atoms with Gasteiger partial charge in [0.2, 0.25) is 10.0 Å². The van der Waals surface area contributed by atoms with Gasteiger partial charge in [0.15, 0.2) is 0 Å². The molecule has 0 radical (unpaired) electrons. The van der Waals surface area contributed by atoms with Crippen LogP contribution in [0.1, 0.15) is 18.9 Å². The Bertz CT molecular complexity index is 559. The Hall–Kier alpha value is -1.42. The highest BCUT2D eigenvalue weighted by Crippen LogP contribution is 2.12. The maximum absolute atomic E-state index is 12.2. The summed E-state index contributed by atoms with van der Waals surface area (Å²) in [6.07, 6.45) is 1.03. The molecule has 110 valence electrons. The molecule has 0 fully saturated rings. The molecule has 1 aromatic rings. The smallest absolute Gasteiger partial charge is 0.240 e. The minimum atomic E-state index is -3.49. The Balaban J connectivity index is 2.71. The van der Waals surface area contributed by atoms with Crippen LogP contribution in [0.4, 0.5) is 0 Å². The molecule has 1 rings (SSSR count). The van der Waals surface area contributed by atoms with E-state index in [1.54, 1.807) is 12.1 Å². The van der Waals surface area contributed by atoms with E-state index < -0.39 is 10.0 Å². The molecule has 0 aliphatic carbocycles. The maximum atomic E-state index is 12.2. The highest BCUT2D eigenvalue weighted by atomic mass is 32.2. The SMILES string of the molecule is CC(CCN(C)C)NS(=O)(=O)c1ccc(CC#N)cc1. The summed E-state index contributed by atoms with van der Waals surface area (Å²) in [7, 11) is 0.416. The molecule has 0 aromatic heterocycles. The molecule has 6 heteroatoms. The van der Waals surface area contributed by atoms with Crippen molar-refractivity contribution in [2.24, 2.45) is 0 Å². The van der Waals surface area contributed by atoms with Crippen LogP contribution in [-0.4, -0.2) is 40.0 Å². The van der Waals surface area contributed by atoms with Crippen LogP contribution in [0.15, 0.2) is 29.2 Å². The molecule has 5 nitrogen and oxygen atoms in total. The van der Waals surface area contributed by atoms with Gasteiger partial charge in [-0.05, 0) is 51.7 Å². The summed E-state index contributed by atoms with van der Waals surface area (Å²) in [4.78, 5) is 2.25. The second-order valence-electron chi connectivity index (χ2n) is 5.09. The predicted octanol–water partition coefficient (Wildman–Crippen LogP) is 1.37. The van der Waals surface area contributed by atoms with Crippen LogP contribution < -0.4 is 4.72 Å². The zero-order chi connectivity index (χ0) is 15.2. The molecule has 1 N–H and O–H groups in total. The molecule has 0 saturated heterocycles. The molecule has 0 spiro atoms. The van der Waals surface area contributed by atoms with E-state index in [1.807, 2.05) is 32.0 Å². The topological polar surface area (TPSA) is 73.2 Å². The summed E-state index contributed by atoms with van der Waals surface area (Å²) in [5.74, 6) is 0. The number of hydrogen-bond donors (Lipinski definition) is 1. The van der Waals surface area contributed by atoms with E-state index in [0.717, 1.165) is 18.5 Å². The summed E-state index contributed by atoms with van der Waals surface area (Å²) in [6, 6.07) is 8.32. The first-order chi connectivity index (χ1) is 9.35. The maximum Gasteiger partial charge on any atom is 0.240 e. The number of nitriles is 1. The van der Waals surface area contributed by atoms with Crippen LogP contribution in [0.25, 0.3) is 0 Å². The molecule has 20 heavy (non-hydrogen) atoms. The summed E-state index contributed by atoms with van der Waals surface area (Å²) in [6.45, 7) is 2.68. The lowest BCUT2D eigenvalue weighted by atomic mass is 10.2. The van der Waals surface area contributed by atoms with Crippen molar-refractivity contribution in [2.45, 2.75) is 30.7 Å². The fourth-order valence-electron chi connectivity index (χ4n) is 1.72. The normalized spacial score (nSPS) is 13.2. The summed E-state index contributed by atoms with van der Waals surface area (Å²) in [5, 5.41) is 8.59. The van der Waals surface area contributed by atoms with E-state index in [2.05, 4.69) is 4.72 Å². The first kappa shape index (κ1) is 16.6. The molecule has 0 aliphatic rings. The van der Waals surface area contributed by atoms with Crippen molar-refractivity contribution in [3.8, 4) is 6.07 Å². The van der Waals surface area contributed by atoms with Gasteiger partial charge in [0.25, 0.3) is 0 Å². The fourth-order valence-corrected chi connectivity index (χ4v) is 3.00. The zero-order valence-corrected chi connectivity index (χ0v) is 12.9. The van der Waals surface area contributed by atoms with Crippen molar-refractivity contribution in [3.05, 3.63) is 29.8 Å². The zero-order valence-electron chi connectivity index (χ0n) is 12.1. The minimum absolute atomic E-state index is 0.124. The van der Waals surface area contributed by atoms with Gasteiger partial charge in [-0.1, -0.05) is 12.1 Å². The van der Waals surface area contributed by atoms with Gasteiger partial charge in [0.05, 0.1) is 17.4 Å². The van der Waals surface area contributed by atoms with Crippen LogP contribution in [-0.2, 0) is 16.4 Å². The second-order valence-corrected chi connectivity index (χ2v) is 6.81. The van der Waals surface area contributed by atoms with Crippen molar-refractivity contribution >= 4 is 10.0 Å². The Morgan fingerprint density at radius 3 is 2.40 bits per heavy atom. The third kappa shape index (κ3) is 5.29. The van der Waals surface area contributed by atoms with E-state index in [4.69, 9.17) is 5.26 Å². The molecule has 1 unspecified atom stereocenters. The molecular weight excluding hydrogens is 274 g/mol. The Labute approximate surface area is 121 Å². The molecule has 0 aliphatic heterocycles. The lowest BCUT2D eigenvalue weighted by molar-refractivity contribution is 0.379. The average molecular weight is 295 g/mol. The van der Waals surface area contributed by atoms with Crippen molar-refractivity contribution in [1.29, 1.82) is 5.26 Å². The van der Waals surface area contributed by atoms with E-state index >= 15 is 0 Å². The standard InChI is InChI=1S/C14H21N3O2S/c1-12(9-11-17(2)3)16-20(18,19)14-6-4-13(5-7-14)8-10-15/h4-7,12,16H,8-9,11H2,1-3H3. The first-order valence-electron chi connectivity index (χ1n) is 6.48. The van der Waals surface area contributed by atoms with E-state index in [9.17, 15) is 8.42 Å². The third-order valence-electron chi connectivity index (χ3n) is 2.88. The molecule has 0 bridgehead atoms. The molecule has 0 amide bonds. The van der Waals surface area contributed by atoms with Gasteiger partial charge < -0.3 is 4.90 Å². The number of nitrogens with zero attached hydrogens (tertiary/aromatic N) is 2. The van der Waals surface area contributed by atoms with Gasteiger partial charge >= 0.3 is 0 Å². The third-order valence-corrected chi connectivity index (χ3v) is 4.49. The van der Waals surface area contributed by atoms with Crippen molar-refractivity contribution < 1.29 is 8.42 Å². The van der Waals surface area contributed by atoms with Crippen LogP contribution in [0.3, 0.4) is 0 Å². The van der Waals surface area contributed by atoms with Gasteiger partial charge in [0, 0.05) is 6.04 Å². The lowest BCUT2D eigenvalue weighted by Gasteiger charge is -2.16. The summed E-state index contributed by atoms with van der Waals surface area (Å²) in [5.41, 5.74) is 0.812. The van der Waals surface area contributed by atoms with E-state index in [0.29, 0.717) is 0 Å². The molecular formula is C14H21N3O2S. The van der Waals surface area contributed by atoms with Crippen LogP contribution in [0.5, 0.6) is 0 Å². The number of hydrogen-bond acceptors (Lipinski definition) is 4. The van der Waals surface area contributed by atoms with Gasteiger partial charge in [-0.2, -0.15) is 5.26 Å². The molecule has 1 atom stereocenters. The number of sulfonamides is 1. The first-order valence-corrected chi connectivity index (χ1v) is 7.96. The molecule has 0 heterocycles. The van der Waals surface area contributed by atoms with Crippen molar-refractivity contribution in [2.75, 3.05) is 20.6 Å². The summed E-state index contributed by atoms with van der Waals surface area (Å²) >= 11 is 0. The number of rotatable bonds is 7. The lowest BCUT2D eigenvalue weighted by Crippen LogP contribution is -2.34. The van der Waals surface area contributed by atoms with E-state index in [-0.39, 0.29) is 17.4 Å². The van der Waals surface area contributed by atoms with E-state index in [1.165, 1.54) is 12.1 Å². The van der Waals surface area contributed by atoms with Crippen LogP contribution in [0.2, 0.25) is 0 Å².